The molecule has 4 aromatic rings. The number of hydrogen-bond donors (Lipinski definition) is 1. The van der Waals surface area contributed by atoms with Crippen LogP contribution in [0.2, 0.25) is 5.02 Å². The van der Waals surface area contributed by atoms with Crippen LogP contribution in [-0.4, -0.2) is 37.1 Å². The van der Waals surface area contributed by atoms with Gasteiger partial charge in [-0.2, -0.15) is 18.3 Å². The number of amides is 1. The normalized spacial score (nSPS) is 11.8. The molecule has 3 aromatic heterocycles. The lowest BCUT2D eigenvalue weighted by Gasteiger charge is -2.13. The molecule has 1 N–H and O–H groups in total. The topological polar surface area (TPSA) is 86.9 Å². The molecule has 0 spiro atoms. The second-order valence-electron chi connectivity index (χ2n) is 7.79. The first-order chi connectivity index (χ1) is 15.9. The molecule has 12 heteroatoms. The maximum atomic E-state index is 13.2. The molecule has 0 aliphatic carbocycles. The Morgan fingerprint density at radius 1 is 1.12 bits per heavy atom. The van der Waals surface area contributed by atoms with Gasteiger partial charge in [-0.25, -0.2) is 14.3 Å². The van der Waals surface area contributed by atoms with Crippen LogP contribution in [0, 0.1) is 20.8 Å². The van der Waals surface area contributed by atoms with E-state index in [4.69, 9.17) is 16.3 Å². The van der Waals surface area contributed by atoms with Crippen molar-refractivity contribution in [2.24, 2.45) is 7.05 Å². The molecule has 0 atom stereocenters. The average molecular weight is 493 g/mol. The number of aryl methyl sites for hydroxylation is 4. The molecular weight excluding hydrogens is 473 g/mol. The van der Waals surface area contributed by atoms with E-state index in [2.05, 4.69) is 20.5 Å². The Labute approximate surface area is 197 Å². The van der Waals surface area contributed by atoms with Gasteiger partial charge in [0, 0.05) is 18.8 Å². The highest BCUT2D eigenvalue weighted by molar-refractivity contribution is 6.32. The number of pyridine rings is 1. The Hall–Kier alpha value is -3.60. The van der Waals surface area contributed by atoms with Crippen molar-refractivity contribution in [2.75, 3.05) is 11.9 Å². The van der Waals surface area contributed by atoms with Crippen LogP contribution >= 0.6 is 11.6 Å². The Morgan fingerprint density at radius 3 is 2.56 bits per heavy atom. The van der Waals surface area contributed by atoms with Crippen molar-refractivity contribution < 1.29 is 22.7 Å². The van der Waals surface area contributed by atoms with Gasteiger partial charge in [0.2, 0.25) is 5.88 Å². The maximum Gasteiger partial charge on any atom is 0.416 e. The summed E-state index contributed by atoms with van der Waals surface area (Å²) in [5.41, 5.74) is 1.92. The lowest BCUT2D eigenvalue weighted by atomic mass is 10.2. The highest BCUT2D eigenvalue weighted by atomic mass is 35.5. The third kappa shape index (κ3) is 4.56. The van der Waals surface area contributed by atoms with Gasteiger partial charge in [0.15, 0.2) is 12.3 Å². The van der Waals surface area contributed by atoms with Crippen LogP contribution in [0.15, 0.2) is 30.3 Å². The van der Waals surface area contributed by atoms with E-state index in [9.17, 15) is 18.0 Å². The number of aromatic nitrogens is 5. The van der Waals surface area contributed by atoms with Gasteiger partial charge in [-0.3, -0.25) is 4.79 Å². The molecule has 0 aliphatic heterocycles. The zero-order valence-electron chi connectivity index (χ0n) is 18.7. The number of fused-ring (bicyclic) bond motifs is 1. The minimum Gasteiger partial charge on any atom is -0.466 e. The molecule has 0 unspecified atom stereocenters. The van der Waals surface area contributed by atoms with Crippen molar-refractivity contribution in [3.05, 3.63) is 57.9 Å². The van der Waals surface area contributed by atoms with Gasteiger partial charge >= 0.3 is 6.18 Å². The van der Waals surface area contributed by atoms with E-state index in [-0.39, 0.29) is 29.0 Å². The molecule has 0 bridgehead atoms. The van der Waals surface area contributed by atoms with E-state index in [1.54, 1.807) is 18.7 Å². The second-order valence-corrected chi connectivity index (χ2v) is 8.20. The van der Waals surface area contributed by atoms with E-state index < -0.39 is 17.6 Å². The van der Waals surface area contributed by atoms with Gasteiger partial charge in [-0.15, -0.1) is 5.10 Å². The van der Waals surface area contributed by atoms with E-state index in [1.165, 1.54) is 6.07 Å². The number of rotatable bonds is 5. The minimum absolute atomic E-state index is 0.0198. The Balaban J connectivity index is 1.57. The maximum absolute atomic E-state index is 13.2. The zero-order valence-corrected chi connectivity index (χ0v) is 19.4. The van der Waals surface area contributed by atoms with Gasteiger partial charge < -0.3 is 10.1 Å². The van der Waals surface area contributed by atoms with Crippen molar-refractivity contribution in [1.29, 1.82) is 0 Å². The molecule has 8 nitrogen and oxygen atoms in total. The molecule has 1 aromatic carbocycles. The van der Waals surface area contributed by atoms with E-state index in [0.29, 0.717) is 16.7 Å². The molecule has 0 aliphatic rings. The standard InChI is InChI=1S/C22H20ClF3N6O2/c1-11-7-12(2)27-20-19(11)21(30-31(20)4)34-10-18(33)28-17-8-13(3)29-32(17)16-9-14(22(24,25)26)5-6-15(16)23/h5-9H,10H2,1-4H3,(H,28,33). The van der Waals surface area contributed by atoms with E-state index in [1.807, 2.05) is 19.9 Å². The first-order valence-electron chi connectivity index (χ1n) is 10.1. The number of ether oxygens (including phenoxy) is 1. The lowest BCUT2D eigenvalue weighted by Crippen LogP contribution is -2.22. The van der Waals surface area contributed by atoms with E-state index >= 15 is 0 Å². The number of nitrogens with zero attached hydrogens (tertiary/aromatic N) is 5. The van der Waals surface area contributed by atoms with Crippen molar-refractivity contribution in [3.63, 3.8) is 0 Å². The fraction of sp³-hybridized carbons (Fsp3) is 0.273. The van der Waals surface area contributed by atoms with Gasteiger partial charge in [-0.1, -0.05) is 11.6 Å². The monoisotopic (exact) mass is 492 g/mol. The van der Waals surface area contributed by atoms with Crippen LogP contribution in [0.4, 0.5) is 19.0 Å². The number of halogens is 4. The predicted octanol–water partition coefficient (Wildman–Crippen LogP) is 4.77. The third-order valence-electron chi connectivity index (χ3n) is 5.03. The van der Waals surface area contributed by atoms with Crippen molar-refractivity contribution in [1.82, 2.24) is 24.5 Å². The fourth-order valence-corrected chi connectivity index (χ4v) is 3.78. The summed E-state index contributed by atoms with van der Waals surface area (Å²) in [6, 6.07) is 6.29. The van der Waals surface area contributed by atoms with Crippen LogP contribution in [0.1, 0.15) is 22.5 Å². The summed E-state index contributed by atoms with van der Waals surface area (Å²) in [6.45, 7) is 5.02. The first kappa shape index (κ1) is 23.6. The molecule has 0 saturated heterocycles. The lowest BCUT2D eigenvalue weighted by molar-refractivity contribution is -0.137. The number of anilines is 1. The molecule has 0 radical (unpaired) electrons. The van der Waals surface area contributed by atoms with Crippen molar-refractivity contribution in [3.8, 4) is 11.6 Å². The fourth-order valence-electron chi connectivity index (χ4n) is 3.59. The SMILES string of the molecule is Cc1cc(C)c2c(OCC(=O)Nc3cc(C)nn3-c3cc(C(F)(F)F)ccc3Cl)nn(C)c2n1. The summed E-state index contributed by atoms with van der Waals surface area (Å²) in [7, 11) is 1.72. The largest absolute Gasteiger partial charge is 0.466 e. The molecule has 3 heterocycles. The quantitative estimate of drug-likeness (QED) is 0.433. The van der Waals surface area contributed by atoms with Crippen LogP contribution in [0.5, 0.6) is 5.88 Å². The third-order valence-corrected chi connectivity index (χ3v) is 5.35. The smallest absolute Gasteiger partial charge is 0.416 e. The predicted molar refractivity (Wildman–Crippen MR) is 120 cm³/mol. The van der Waals surface area contributed by atoms with Gasteiger partial charge in [0.05, 0.1) is 27.4 Å². The molecule has 34 heavy (non-hydrogen) atoms. The number of hydrogen-bond acceptors (Lipinski definition) is 5. The van der Waals surface area contributed by atoms with Crippen molar-refractivity contribution in [2.45, 2.75) is 26.9 Å². The summed E-state index contributed by atoms with van der Waals surface area (Å²) in [5.74, 6) is -0.157. The summed E-state index contributed by atoms with van der Waals surface area (Å²) in [4.78, 5) is 17.1. The average Bonchev–Trinajstić information content (AvgIpc) is 3.25. The number of alkyl halides is 3. The van der Waals surface area contributed by atoms with Crippen molar-refractivity contribution >= 4 is 34.4 Å². The van der Waals surface area contributed by atoms with Crippen LogP contribution in [0.25, 0.3) is 16.7 Å². The Kier molecular flexibility index (Phi) is 5.98. The van der Waals surface area contributed by atoms with Gasteiger partial charge in [0.1, 0.15) is 5.82 Å². The second kappa shape index (κ2) is 8.64. The van der Waals surface area contributed by atoms with Crippen LogP contribution in [0.3, 0.4) is 0 Å². The first-order valence-corrected chi connectivity index (χ1v) is 10.5. The highest BCUT2D eigenvalue weighted by Crippen LogP contribution is 2.34. The summed E-state index contributed by atoms with van der Waals surface area (Å²) in [6.07, 6.45) is -4.56. The Morgan fingerprint density at radius 2 is 1.85 bits per heavy atom. The van der Waals surface area contributed by atoms with Crippen LogP contribution < -0.4 is 10.1 Å². The summed E-state index contributed by atoms with van der Waals surface area (Å²) >= 11 is 6.14. The molecule has 178 valence electrons. The molecule has 0 saturated carbocycles. The zero-order chi connectivity index (χ0) is 24.8. The number of benzene rings is 1. The van der Waals surface area contributed by atoms with Gasteiger partial charge in [0.25, 0.3) is 5.91 Å². The highest BCUT2D eigenvalue weighted by Gasteiger charge is 2.31. The Bertz CT molecular complexity index is 1410. The number of carbonyl (C=O) groups is 1. The minimum atomic E-state index is -4.56. The molecular formula is C22H20ClF3N6O2. The number of nitrogens with one attached hydrogen (secondary N) is 1. The van der Waals surface area contributed by atoms with E-state index in [0.717, 1.165) is 34.1 Å². The molecule has 0 fully saturated rings. The number of carbonyl (C=O) groups excluding carboxylic acids is 1. The van der Waals surface area contributed by atoms with Crippen LogP contribution in [-0.2, 0) is 18.0 Å². The van der Waals surface area contributed by atoms with Gasteiger partial charge in [-0.05, 0) is 50.6 Å². The molecule has 1 amide bonds. The molecule has 4 rings (SSSR count). The summed E-state index contributed by atoms with van der Waals surface area (Å²) < 4.78 is 47.9. The summed E-state index contributed by atoms with van der Waals surface area (Å²) in [5, 5.41) is 11.8.